The molecule has 0 amide bonds. The molecule has 0 radical (unpaired) electrons. The van der Waals surface area contributed by atoms with Gasteiger partial charge >= 0.3 is 0 Å². The molecule has 0 unspecified atom stereocenters. The van der Waals surface area contributed by atoms with Crippen LogP contribution in [0.3, 0.4) is 0 Å². The molecule has 0 aliphatic carbocycles. The van der Waals surface area contributed by atoms with E-state index in [-0.39, 0.29) is 0 Å². The molecule has 1 N–H and O–H groups in total. The summed E-state index contributed by atoms with van der Waals surface area (Å²) in [5.41, 5.74) is 1.10. The van der Waals surface area contributed by atoms with Crippen molar-refractivity contribution in [2.45, 2.75) is 26.2 Å². The molecule has 0 saturated carbocycles. The summed E-state index contributed by atoms with van der Waals surface area (Å²) in [6, 6.07) is 3.87. The third-order valence-electron chi connectivity index (χ3n) is 3.43. The van der Waals surface area contributed by atoms with Crippen LogP contribution in [-0.2, 0) is 6.54 Å². The lowest BCUT2D eigenvalue weighted by Gasteiger charge is -2.27. The molecule has 104 valence electrons. The first-order chi connectivity index (χ1) is 9.03. The first kappa shape index (κ1) is 13.0. The van der Waals surface area contributed by atoms with Crippen LogP contribution >= 0.6 is 11.6 Å². The summed E-state index contributed by atoms with van der Waals surface area (Å²) in [6.07, 6.45) is 0. The topological polar surface area (TPSA) is 33.7 Å². The zero-order valence-electron chi connectivity index (χ0n) is 11.3. The quantitative estimate of drug-likeness (QED) is 0.902. The average Bonchev–Trinajstić information content (AvgIpc) is 2.64. The van der Waals surface area contributed by atoms with Gasteiger partial charge in [0.1, 0.15) is 0 Å². The maximum Gasteiger partial charge on any atom is 0.246 e. The predicted octanol–water partition coefficient (Wildman–Crippen LogP) is 2.25. The van der Waals surface area contributed by atoms with Gasteiger partial charge in [0.15, 0.2) is 11.5 Å². The van der Waals surface area contributed by atoms with E-state index in [1.807, 2.05) is 26.0 Å². The van der Waals surface area contributed by atoms with E-state index < -0.39 is 5.79 Å². The minimum Gasteiger partial charge on any atom is -0.449 e. The number of nitrogens with zero attached hydrogens (tertiary/aromatic N) is 1. The highest BCUT2D eigenvalue weighted by Crippen LogP contribution is 2.42. The predicted molar refractivity (Wildman–Crippen MR) is 74.9 cm³/mol. The summed E-state index contributed by atoms with van der Waals surface area (Å²) < 4.78 is 11.5. The van der Waals surface area contributed by atoms with Crippen LogP contribution in [0.2, 0.25) is 5.02 Å². The molecule has 0 bridgehead atoms. The normalized spacial score (nSPS) is 21.6. The van der Waals surface area contributed by atoms with E-state index in [0.29, 0.717) is 0 Å². The molecule has 2 aliphatic heterocycles. The number of hydrogen-bond donors (Lipinski definition) is 1. The van der Waals surface area contributed by atoms with Crippen LogP contribution in [0, 0.1) is 0 Å². The molecule has 0 aromatic heterocycles. The van der Waals surface area contributed by atoms with Crippen LogP contribution in [0.25, 0.3) is 0 Å². The number of hydrogen-bond acceptors (Lipinski definition) is 4. The number of piperazine rings is 1. The van der Waals surface area contributed by atoms with Crippen molar-refractivity contribution in [2.24, 2.45) is 0 Å². The minimum absolute atomic E-state index is 0.598. The summed E-state index contributed by atoms with van der Waals surface area (Å²) in [4.78, 5) is 2.39. The molecule has 19 heavy (non-hydrogen) atoms. The summed E-state index contributed by atoms with van der Waals surface area (Å²) in [5, 5.41) is 4.10. The largest absolute Gasteiger partial charge is 0.449 e. The Hall–Kier alpha value is -0.970. The summed E-state index contributed by atoms with van der Waals surface area (Å²) in [7, 11) is 0. The Labute approximate surface area is 118 Å². The highest BCUT2D eigenvalue weighted by Gasteiger charge is 2.32. The minimum atomic E-state index is -0.598. The Balaban J connectivity index is 1.79. The second-order valence-corrected chi connectivity index (χ2v) is 5.93. The average molecular weight is 283 g/mol. The zero-order valence-corrected chi connectivity index (χ0v) is 12.1. The Morgan fingerprint density at radius 2 is 1.84 bits per heavy atom. The van der Waals surface area contributed by atoms with Gasteiger partial charge in [-0.25, -0.2) is 0 Å². The van der Waals surface area contributed by atoms with E-state index in [0.717, 1.165) is 54.8 Å². The number of halogens is 1. The van der Waals surface area contributed by atoms with E-state index in [2.05, 4.69) is 10.2 Å². The maximum atomic E-state index is 6.34. The first-order valence-electron chi connectivity index (χ1n) is 6.67. The second-order valence-electron chi connectivity index (χ2n) is 5.52. The fraction of sp³-hybridized carbons (Fsp3) is 0.571. The lowest BCUT2D eigenvalue weighted by Crippen LogP contribution is -2.42. The summed E-state index contributed by atoms with van der Waals surface area (Å²) in [6.45, 7) is 8.84. The summed E-state index contributed by atoms with van der Waals surface area (Å²) in [5.74, 6) is 0.929. The molecular weight excluding hydrogens is 264 g/mol. The molecule has 4 nitrogen and oxygen atoms in total. The first-order valence-corrected chi connectivity index (χ1v) is 7.05. The van der Waals surface area contributed by atoms with Crippen molar-refractivity contribution in [3.8, 4) is 11.5 Å². The monoisotopic (exact) mass is 282 g/mol. The third kappa shape index (κ3) is 2.81. The number of nitrogens with one attached hydrogen (secondary N) is 1. The Morgan fingerprint density at radius 3 is 2.53 bits per heavy atom. The van der Waals surface area contributed by atoms with Gasteiger partial charge in [-0.3, -0.25) is 4.90 Å². The van der Waals surface area contributed by atoms with Crippen LogP contribution in [0.1, 0.15) is 19.4 Å². The van der Waals surface area contributed by atoms with Crippen LogP contribution < -0.4 is 14.8 Å². The Kier molecular flexibility index (Phi) is 3.33. The number of rotatable bonds is 2. The molecule has 1 saturated heterocycles. The van der Waals surface area contributed by atoms with Gasteiger partial charge < -0.3 is 14.8 Å². The summed E-state index contributed by atoms with van der Waals surface area (Å²) >= 11 is 6.34. The molecule has 2 heterocycles. The van der Waals surface area contributed by atoms with Gasteiger partial charge in [0.05, 0.1) is 0 Å². The van der Waals surface area contributed by atoms with Gasteiger partial charge in [-0.15, -0.1) is 0 Å². The van der Waals surface area contributed by atoms with Gasteiger partial charge in [-0.2, -0.15) is 0 Å². The zero-order chi connectivity index (χ0) is 13.5. The molecule has 0 spiro atoms. The van der Waals surface area contributed by atoms with Crippen LogP contribution in [0.15, 0.2) is 12.1 Å². The van der Waals surface area contributed by atoms with Crippen molar-refractivity contribution in [3.05, 3.63) is 22.7 Å². The number of benzene rings is 1. The van der Waals surface area contributed by atoms with Gasteiger partial charge in [0.25, 0.3) is 0 Å². The smallest absolute Gasteiger partial charge is 0.246 e. The molecule has 1 fully saturated rings. The molecule has 3 rings (SSSR count). The Bertz CT molecular complexity index is 485. The highest BCUT2D eigenvalue weighted by molar-refractivity contribution is 6.31. The van der Waals surface area contributed by atoms with Crippen molar-refractivity contribution in [3.63, 3.8) is 0 Å². The van der Waals surface area contributed by atoms with Crippen molar-refractivity contribution >= 4 is 11.6 Å². The van der Waals surface area contributed by atoms with Gasteiger partial charge in [-0.05, 0) is 11.6 Å². The highest BCUT2D eigenvalue weighted by atomic mass is 35.5. The van der Waals surface area contributed by atoms with Crippen molar-refractivity contribution < 1.29 is 9.47 Å². The molecule has 2 aliphatic rings. The SMILES string of the molecule is CC1(C)Oc2cc(Cl)c(CN3CCNCC3)cc2O1. The van der Waals surface area contributed by atoms with Crippen LogP contribution in [0.5, 0.6) is 11.5 Å². The fourth-order valence-corrected chi connectivity index (χ4v) is 2.73. The van der Waals surface area contributed by atoms with E-state index >= 15 is 0 Å². The third-order valence-corrected chi connectivity index (χ3v) is 3.78. The number of ether oxygens (including phenoxy) is 2. The van der Waals surface area contributed by atoms with Gasteiger partial charge in [-0.1, -0.05) is 11.6 Å². The fourth-order valence-electron chi connectivity index (χ4n) is 2.52. The van der Waals surface area contributed by atoms with Crippen molar-refractivity contribution in [1.29, 1.82) is 0 Å². The van der Waals surface area contributed by atoms with Crippen molar-refractivity contribution in [2.75, 3.05) is 26.2 Å². The lowest BCUT2D eigenvalue weighted by molar-refractivity contribution is -0.0431. The van der Waals surface area contributed by atoms with Gasteiger partial charge in [0.2, 0.25) is 5.79 Å². The second kappa shape index (κ2) is 4.85. The maximum absolute atomic E-state index is 6.34. The van der Waals surface area contributed by atoms with E-state index in [9.17, 15) is 0 Å². The van der Waals surface area contributed by atoms with E-state index in [1.165, 1.54) is 0 Å². The lowest BCUT2D eigenvalue weighted by atomic mass is 10.1. The molecule has 1 aromatic carbocycles. The van der Waals surface area contributed by atoms with Gasteiger partial charge in [0, 0.05) is 57.7 Å². The van der Waals surface area contributed by atoms with Crippen molar-refractivity contribution in [1.82, 2.24) is 10.2 Å². The standard InChI is InChI=1S/C14H19ClN2O2/c1-14(2)18-12-7-10(11(15)8-13(12)19-14)9-17-5-3-16-4-6-17/h7-8,16H,3-6,9H2,1-2H3. The van der Waals surface area contributed by atoms with Crippen LogP contribution in [0.4, 0.5) is 0 Å². The van der Waals surface area contributed by atoms with Crippen LogP contribution in [-0.4, -0.2) is 36.9 Å². The molecule has 0 atom stereocenters. The van der Waals surface area contributed by atoms with E-state index in [4.69, 9.17) is 21.1 Å². The molecule has 5 heteroatoms. The Morgan fingerprint density at radius 1 is 1.21 bits per heavy atom. The molecular formula is C14H19ClN2O2. The van der Waals surface area contributed by atoms with E-state index in [1.54, 1.807) is 0 Å². The number of fused-ring (bicyclic) bond motifs is 1. The molecule has 1 aromatic rings.